The minimum Gasteiger partial charge on any atom is -0.496 e. The predicted octanol–water partition coefficient (Wildman–Crippen LogP) is 1.52. The van der Waals surface area contributed by atoms with Gasteiger partial charge in [0.1, 0.15) is 12.0 Å². The number of hydrogen-bond donors (Lipinski definition) is 0. The third kappa shape index (κ3) is 1.93. The van der Waals surface area contributed by atoms with Crippen LogP contribution >= 0.6 is 0 Å². The number of rotatable bonds is 3. The number of nitrogens with zero attached hydrogens (tertiary/aromatic N) is 1. The number of aromatic nitrogens is 1. The fraction of sp³-hybridized carbons (Fsp3) is 0.231. The van der Waals surface area contributed by atoms with Crippen molar-refractivity contribution in [3.8, 4) is 5.75 Å². The second-order valence-electron chi connectivity index (χ2n) is 3.85. The Morgan fingerprint density at radius 1 is 1.35 bits per heavy atom. The number of aryl methyl sites for hydroxylation is 1. The van der Waals surface area contributed by atoms with Crippen LogP contribution in [0, 0.1) is 6.92 Å². The fourth-order valence-electron chi connectivity index (χ4n) is 1.89. The maximum atomic E-state index is 11.8. The van der Waals surface area contributed by atoms with Crippen LogP contribution in [0.5, 0.6) is 5.75 Å². The maximum absolute atomic E-state index is 11.8. The van der Waals surface area contributed by atoms with Crippen LogP contribution in [0.15, 0.2) is 29.1 Å². The Labute approximate surface area is 98.4 Å². The summed E-state index contributed by atoms with van der Waals surface area (Å²) in [6.07, 6.45) is 0.718. The van der Waals surface area contributed by atoms with E-state index in [4.69, 9.17) is 4.74 Å². The number of carbonyl (C=O) groups excluding carboxylic acids is 1. The summed E-state index contributed by atoms with van der Waals surface area (Å²) < 4.78 is 6.62. The summed E-state index contributed by atoms with van der Waals surface area (Å²) in [6, 6.07) is 7.12. The van der Waals surface area contributed by atoms with Crippen molar-refractivity contribution in [2.45, 2.75) is 13.5 Å². The molecule has 17 heavy (non-hydrogen) atoms. The van der Waals surface area contributed by atoms with Crippen molar-refractivity contribution >= 4 is 17.2 Å². The van der Waals surface area contributed by atoms with E-state index in [1.165, 1.54) is 17.7 Å². The van der Waals surface area contributed by atoms with E-state index in [2.05, 4.69) is 0 Å². The van der Waals surface area contributed by atoms with Crippen LogP contribution in [0.2, 0.25) is 0 Å². The monoisotopic (exact) mass is 231 g/mol. The largest absolute Gasteiger partial charge is 0.496 e. The molecule has 1 aromatic carbocycles. The molecule has 4 nitrogen and oxygen atoms in total. The highest BCUT2D eigenvalue weighted by molar-refractivity contribution is 5.86. The Morgan fingerprint density at radius 3 is 2.76 bits per heavy atom. The van der Waals surface area contributed by atoms with Gasteiger partial charge in [0.25, 0.3) is 5.56 Å². The van der Waals surface area contributed by atoms with Crippen LogP contribution in [-0.4, -0.2) is 18.0 Å². The normalized spacial score (nSPS) is 10.5. The average Bonchev–Trinajstić information content (AvgIpc) is 2.32. The Bertz CT molecular complexity index is 628. The highest BCUT2D eigenvalue weighted by Gasteiger charge is 2.08. The van der Waals surface area contributed by atoms with E-state index in [0.29, 0.717) is 5.75 Å². The number of carbonyl (C=O) groups is 1. The van der Waals surface area contributed by atoms with Crippen LogP contribution in [0.4, 0.5) is 0 Å². The SMILES string of the molecule is COc1cc(=O)n(CC=O)c2cc(C)ccc12. The van der Waals surface area contributed by atoms with Gasteiger partial charge in [-0.1, -0.05) is 6.07 Å². The Hall–Kier alpha value is -2.10. The highest BCUT2D eigenvalue weighted by atomic mass is 16.5. The van der Waals surface area contributed by atoms with Gasteiger partial charge < -0.3 is 14.1 Å². The third-order valence-corrected chi connectivity index (χ3v) is 2.71. The number of fused-ring (bicyclic) bond motifs is 1. The minimum atomic E-state index is -0.230. The molecule has 0 saturated heterocycles. The summed E-state index contributed by atoms with van der Waals surface area (Å²) in [6.45, 7) is 2.00. The third-order valence-electron chi connectivity index (χ3n) is 2.71. The molecule has 1 aromatic heterocycles. The van der Waals surface area contributed by atoms with Crippen molar-refractivity contribution < 1.29 is 9.53 Å². The summed E-state index contributed by atoms with van der Waals surface area (Å²) >= 11 is 0. The van der Waals surface area contributed by atoms with Crippen LogP contribution < -0.4 is 10.3 Å². The van der Waals surface area contributed by atoms with E-state index in [0.717, 1.165) is 22.8 Å². The van der Waals surface area contributed by atoms with Gasteiger partial charge in [0.2, 0.25) is 0 Å². The van der Waals surface area contributed by atoms with E-state index >= 15 is 0 Å². The molecule has 0 amide bonds. The number of benzene rings is 1. The van der Waals surface area contributed by atoms with Gasteiger partial charge in [0.05, 0.1) is 19.2 Å². The van der Waals surface area contributed by atoms with E-state index in [9.17, 15) is 9.59 Å². The summed E-state index contributed by atoms with van der Waals surface area (Å²) in [5.41, 5.74) is 1.53. The number of aldehydes is 1. The van der Waals surface area contributed by atoms with Crippen molar-refractivity contribution in [2.24, 2.45) is 0 Å². The molecule has 2 rings (SSSR count). The molecule has 0 aliphatic carbocycles. The smallest absolute Gasteiger partial charge is 0.255 e. The first-order valence-electron chi connectivity index (χ1n) is 5.29. The molecule has 4 heteroatoms. The van der Waals surface area contributed by atoms with Crippen LogP contribution in [-0.2, 0) is 11.3 Å². The molecule has 0 aliphatic heterocycles. The number of hydrogen-bond acceptors (Lipinski definition) is 3. The standard InChI is InChI=1S/C13H13NO3/c1-9-3-4-10-11(7-9)14(5-6-15)13(16)8-12(10)17-2/h3-4,6-8H,5H2,1-2H3. The molecule has 0 saturated carbocycles. The first-order valence-corrected chi connectivity index (χ1v) is 5.29. The van der Waals surface area contributed by atoms with Crippen LogP contribution in [0.1, 0.15) is 5.56 Å². The molecule has 0 N–H and O–H groups in total. The highest BCUT2D eigenvalue weighted by Crippen LogP contribution is 2.24. The molecule has 0 fully saturated rings. The Kier molecular flexibility index (Phi) is 2.95. The van der Waals surface area contributed by atoms with Crippen molar-refractivity contribution in [3.05, 3.63) is 40.2 Å². The summed E-state index contributed by atoms with van der Waals surface area (Å²) in [5.74, 6) is 0.534. The number of pyridine rings is 1. The van der Waals surface area contributed by atoms with Gasteiger partial charge >= 0.3 is 0 Å². The molecule has 0 atom stereocenters. The second-order valence-corrected chi connectivity index (χ2v) is 3.85. The van der Waals surface area contributed by atoms with Crippen LogP contribution in [0.25, 0.3) is 10.9 Å². The molecule has 0 unspecified atom stereocenters. The molecular formula is C13H13NO3. The lowest BCUT2D eigenvalue weighted by Gasteiger charge is -2.11. The molecule has 2 aromatic rings. The lowest BCUT2D eigenvalue weighted by atomic mass is 10.1. The fourth-order valence-corrected chi connectivity index (χ4v) is 1.89. The number of methoxy groups -OCH3 is 1. The van der Waals surface area contributed by atoms with Gasteiger partial charge in [0, 0.05) is 11.5 Å². The van der Waals surface area contributed by atoms with Gasteiger partial charge in [-0.25, -0.2) is 0 Å². The minimum absolute atomic E-state index is 0.0583. The molecule has 0 spiro atoms. The van der Waals surface area contributed by atoms with E-state index in [1.54, 1.807) is 0 Å². The van der Waals surface area contributed by atoms with Crippen molar-refractivity contribution in [3.63, 3.8) is 0 Å². The quantitative estimate of drug-likeness (QED) is 0.752. The summed E-state index contributed by atoms with van der Waals surface area (Å²) in [5, 5.41) is 0.833. The average molecular weight is 231 g/mol. The van der Waals surface area contributed by atoms with Gasteiger partial charge in [-0.05, 0) is 24.6 Å². The maximum Gasteiger partial charge on any atom is 0.255 e. The molecule has 88 valence electrons. The summed E-state index contributed by atoms with van der Waals surface area (Å²) in [4.78, 5) is 22.5. The molecule has 0 aliphatic rings. The summed E-state index contributed by atoms with van der Waals surface area (Å²) in [7, 11) is 1.53. The first kappa shape index (κ1) is 11.4. The van der Waals surface area contributed by atoms with Crippen molar-refractivity contribution in [2.75, 3.05) is 7.11 Å². The lowest BCUT2D eigenvalue weighted by Crippen LogP contribution is -2.20. The predicted molar refractivity (Wildman–Crippen MR) is 65.6 cm³/mol. The topological polar surface area (TPSA) is 48.3 Å². The van der Waals surface area contributed by atoms with Gasteiger partial charge in [0.15, 0.2) is 0 Å². The Balaban J connectivity index is 2.89. The van der Waals surface area contributed by atoms with Gasteiger partial charge in [-0.2, -0.15) is 0 Å². The van der Waals surface area contributed by atoms with Crippen LogP contribution in [0.3, 0.4) is 0 Å². The molecule has 0 radical (unpaired) electrons. The van der Waals surface area contributed by atoms with Crippen molar-refractivity contribution in [1.82, 2.24) is 4.57 Å². The van der Waals surface area contributed by atoms with Crippen molar-refractivity contribution in [1.29, 1.82) is 0 Å². The van der Waals surface area contributed by atoms with E-state index in [-0.39, 0.29) is 12.1 Å². The zero-order chi connectivity index (χ0) is 12.4. The van der Waals surface area contributed by atoms with Gasteiger partial charge in [-0.3, -0.25) is 4.79 Å². The Morgan fingerprint density at radius 2 is 2.12 bits per heavy atom. The lowest BCUT2D eigenvalue weighted by molar-refractivity contribution is -0.108. The van der Waals surface area contributed by atoms with Gasteiger partial charge in [-0.15, -0.1) is 0 Å². The van der Waals surface area contributed by atoms with E-state index in [1.807, 2.05) is 25.1 Å². The molecule has 1 heterocycles. The number of ether oxygens (including phenoxy) is 1. The second kappa shape index (κ2) is 4.41. The zero-order valence-electron chi connectivity index (χ0n) is 9.77. The molecule has 0 bridgehead atoms. The van der Waals surface area contributed by atoms with E-state index < -0.39 is 0 Å². The zero-order valence-corrected chi connectivity index (χ0v) is 9.77. The first-order chi connectivity index (χ1) is 8.17. The molecular weight excluding hydrogens is 218 g/mol.